The fourth-order valence-corrected chi connectivity index (χ4v) is 8.94. The van der Waals surface area contributed by atoms with Crippen LogP contribution in [0.4, 0.5) is 0 Å². The molecule has 2 aliphatic carbocycles. The molecule has 6 aliphatic rings. The third kappa shape index (κ3) is 7.30. The number of hydrogen-bond donors (Lipinski definition) is 5. The van der Waals surface area contributed by atoms with Crippen molar-refractivity contribution in [3.8, 4) is 45.6 Å². The number of fused-ring (bicyclic) bond motifs is 4. The Morgan fingerprint density at radius 1 is 0.780 bits per heavy atom. The lowest BCUT2D eigenvalue weighted by Gasteiger charge is -2.47. The minimum Gasteiger partial charge on any atom is -0.508 e. The van der Waals surface area contributed by atoms with Crippen molar-refractivity contribution in [2.45, 2.75) is 74.3 Å². The van der Waals surface area contributed by atoms with E-state index in [0.717, 1.165) is 17.5 Å². The Balaban J connectivity index is 0.000000219. The van der Waals surface area contributed by atoms with Gasteiger partial charge in [0.2, 0.25) is 12.5 Å². The molecule has 1 saturated carbocycles. The van der Waals surface area contributed by atoms with Crippen molar-refractivity contribution >= 4 is 5.97 Å². The first-order valence-electron chi connectivity index (χ1n) is 19.7. The number of phenolic OH excluding ortho intramolecular Hbond substituents is 2. The van der Waals surface area contributed by atoms with Crippen LogP contribution in [0.15, 0.2) is 72.8 Å². The normalized spacial score (nSPS) is 32.4. The molecule has 12 atom stereocenters. The number of methoxy groups -OCH3 is 2. The van der Waals surface area contributed by atoms with Gasteiger partial charge in [-0.1, -0.05) is 36.4 Å². The first-order chi connectivity index (χ1) is 28.5. The van der Waals surface area contributed by atoms with Gasteiger partial charge in [-0.3, -0.25) is 4.79 Å². The molecule has 4 fully saturated rings. The highest BCUT2D eigenvalue weighted by Crippen LogP contribution is 2.57. The number of phenols is 2. The van der Waals surface area contributed by atoms with Crippen molar-refractivity contribution in [3.05, 3.63) is 95.1 Å². The van der Waals surface area contributed by atoms with E-state index in [1.807, 2.05) is 12.1 Å². The Labute approximate surface area is 340 Å². The van der Waals surface area contributed by atoms with E-state index in [2.05, 4.69) is 24.3 Å². The highest BCUT2D eigenvalue weighted by Gasteiger charge is 2.56. The highest BCUT2D eigenvalue weighted by atomic mass is 16.8. The average Bonchev–Trinajstić information content (AvgIpc) is 3.59. The second kappa shape index (κ2) is 15.8. The summed E-state index contributed by atoms with van der Waals surface area (Å²) in [6.07, 6.45) is -5.69. The Morgan fingerprint density at radius 2 is 1.47 bits per heavy atom. The van der Waals surface area contributed by atoms with Gasteiger partial charge in [0, 0.05) is 23.8 Å². The van der Waals surface area contributed by atoms with Crippen molar-refractivity contribution < 1.29 is 67.9 Å². The first kappa shape index (κ1) is 39.3. The lowest BCUT2D eigenvalue weighted by molar-refractivity contribution is -0.364. The molecule has 4 aromatic carbocycles. The fourth-order valence-electron chi connectivity index (χ4n) is 8.94. The molecule has 12 unspecified atom stereocenters. The van der Waals surface area contributed by atoms with E-state index in [-0.39, 0.29) is 37.3 Å². The molecule has 0 bridgehead atoms. The number of aliphatic hydroxyl groups is 2. The van der Waals surface area contributed by atoms with Gasteiger partial charge in [0.15, 0.2) is 35.6 Å². The molecule has 0 aromatic heterocycles. The van der Waals surface area contributed by atoms with Crippen LogP contribution in [0.1, 0.15) is 53.5 Å². The van der Waals surface area contributed by atoms with Crippen LogP contribution in [0, 0.1) is 11.8 Å². The number of rotatable bonds is 7. The zero-order valence-electron chi connectivity index (χ0n) is 32.6. The van der Waals surface area contributed by atoms with Gasteiger partial charge < -0.3 is 68.8 Å². The van der Waals surface area contributed by atoms with Gasteiger partial charge in [0.1, 0.15) is 30.2 Å². The predicted molar refractivity (Wildman–Crippen MR) is 207 cm³/mol. The molecule has 15 heteroatoms. The molecule has 3 saturated heterocycles. The van der Waals surface area contributed by atoms with Crippen molar-refractivity contribution in [2.24, 2.45) is 17.6 Å². The number of hydrogen-bond acceptors (Lipinski definition) is 15. The van der Waals surface area contributed by atoms with Gasteiger partial charge in [-0.05, 0) is 83.1 Å². The molecule has 15 nitrogen and oxygen atoms in total. The monoisotopic (exact) mass is 813 g/mol. The molecule has 4 aromatic rings. The summed E-state index contributed by atoms with van der Waals surface area (Å²) in [6.45, 7) is 1.93. The summed E-state index contributed by atoms with van der Waals surface area (Å²) < 4.78 is 51.5. The first-order valence-corrected chi connectivity index (χ1v) is 19.7. The summed E-state index contributed by atoms with van der Waals surface area (Å²) in [5.41, 5.74) is 11.3. The van der Waals surface area contributed by atoms with Crippen LogP contribution >= 0.6 is 0 Å². The molecule has 6 N–H and O–H groups in total. The molecule has 0 amide bonds. The predicted octanol–water partition coefficient (Wildman–Crippen LogP) is 4.21. The number of ether oxygens (including phenoxy) is 9. The quantitative estimate of drug-likeness (QED) is 0.166. The Hall–Kier alpha value is -5.13. The maximum absolute atomic E-state index is 13.4. The highest BCUT2D eigenvalue weighted by molar-refractivity contribution is 5.79. The summed E-state index contributed by atoms with van der Waals surface area (Å²) >= 11 is 0. The number of benzene rings is 4. The topological polar surface area (TPSA) is 207 Å². The molecule has 312 valence electrons. The Bertz CT molecular complexity index is 2170. The van der Waals surface area contributed by atoms with E-state index in [1.54, 1.807) is 43.3 Å². The lowest BCUT2D eigenvalue weighted by Crippen LogP contribution is -2.63. The SMILES string of the molecule is COc1cc(C2c3cc4c(cc3C(OC3OC5COC(C)OC5C(O)C3O)C3COC(=O)C23)OCO4)cc(OC)c1O.NC1CC1c1ccc(-c2cccc(O)c2)cc1. The van der Waals surface area contributed by atoms with Crippen LogP contribution in [0.25, 0.3) is 11.1 Å². The van der Waals surface area contributed by atoms with Gasteiger partial charge in [-0.15, -0.1) is 0 Å². The zero-order valence-corrected chi connectivity index (χ0v) is 32.6. The summed E-state index contributed by atoms with van der Waals surface area (Å²) in [4.78, 5) is 13.4. The fraction of sp³-hybridized carbons (Fsp3) is 0.432. The van der Waals surface area contributed by atoms with E-state index in [4.69, 9.17) is 48.4 Å². The number of carbonyl (C=O) groups excluding carboxylic acids is 1. The van der Waals surface area contributed by atoms with Crippen LogP contribution in [0.3, 0.4) is 0 Å². The number of aromatic hydroxyl groups is 2. The second-order valence-electron chi connectivity index (χ2n) is 15.7. The van der Waals surface area contributed by atoms with Crippen LogP contribution in [0.2, 0.25) is 0 Å². The maximum Gasteiger partial charge on any atom is 0.310 e. The van der Waals surface area contributed by atoms with Gasteiger partial charge in [0.25, 0.3) is 0 Å². The largest absolute Gasteiger partial charge is 0.508 e. The molecule has 4 aliphatic heterocycles. The number of carbonyl (C=O) groups is 1. The Kier molecular flexibility index (Phi) is 10.5. The van der Waals surface area contributed by atoms with Crippen molar-refractivity contribution in [3.63, 3.8) is 0 Å². The summed E-state index contributed by atoms with van der Waals surface area (Å²) in [7, 11) is 2.86. The van der Waals surface area contributed by atoms with Crippen molar-refractivity contribution in [2.75, 3.05) is 34.2 Å². The number of esters is 1. The maximum atomic E-state index is 13.4. The van der Waals surface area contributed by atoms with Gasteiger partial charge >= 0.3 is 5.97 Å². The molecule has 4 heterocycles. The van der Waals surface area contributed by atoms with E-state index in [9.17, 15) is 25.2 Å². The van der Waals surface area contributed by atoms with Crippen LogP contribution in [0.5, 0.6) is 34.5 Å². The molecule has 0 spiro atoms. The molecule has 59 heavy (non-hydrogen) atoms. The van der Waals surface area contributed by atoms with Gasteiger partial charge in [-0.25, -0.2) is 0 Å². The summed E-state index contributed by atoms with van der Waals surface area (Å²) in [5, 5.41) is 42.0. The summed E-state index contributed by atoms with van der Waals surface area (Å²) in [5.74, 6) is -0.174. The van der Waals surface area contributed by atoms with Crippen molar-refractivity contribution in [1.29, 1.82) is 0 Å². The third-order valence-corrected chi connectivity index (χ3v) is 12.1. The lowest BCUT2D eigenvalue weighted by atomic mass is 9.66. The third-order valence-electron chi connectivity index (χ3n) is 12.1. The molecular formula is C44H47NO14. The molecule has 0 radical (unpaired) electrons. The minimum atomic E-state index is -1.44. The van der Waals surface area contributed by atoms with Crippen molar-refractivity contribution in [1.82, 2.24) is 0 Å². The van der Waals surface area contributed by atoms with Gasteiger partial charge in [0.05, 0.1) is 39.5 Å². The Morgan fingerprint density at radius 3 is 2.14 bits per heavy atom. The van der Waals surface area contributed by atoms with E-state index in [1.165, 1.54) is 19.8 Å². The van der Waals surface area contributed by atoms with Gasteiger partial charge in [-0.2, -0.15) is 0 Å². The summed E-state index contributed by atoms with van der Waals surface area (Å²) in [6, 6.07) is 23.0. The van der Waals surface area contributed by atoms with E-state index in [0.29, 0.717) is 45.9 Å². The second-order valence-corrected chi connectivity index (χ2v) is 15.7. The molecular weight excluding hydrogens is 766 g/mol. The average molecular weight is 814 g/mol. The van der Waals surface area contributed by atoms with E-state index >= 15 is 0 Å². The zero-order chi connectivity index (χ0) is 41.1. The van der Waals surface area contributed by atoms with E-state index < -0.39 is 66.8 Å². The number of aliphatic hydroxyl groups excluding tert-OH is 2. The number of nitrogens with two attached hydrogens (primary N) is 1. The minimum absolute atomic E-state index is 0.0301. The van der Waals surface area contributed by atoms with Crippen LogP contribution in [-0.4, -0.2) is 104 Å². The van der Waals surface area contributed by atoms with Crippen LogP contribution < -0.4 is 24.7 Å². The standard InChI is InChI=1S/C29H32O13.C15H15NO/c1-11-36-9-20-27(40-11)24(31)25(32)29(41-20)42-26-14-7-17-16(38-10-39-17)6-13(14)21(22-15(26)8-37-28(22)33)12-4-18(34-2)23(30)19(5-12)35-3;16-15-9-14(15)11-6-4-10(5-7-11)12-2-1-3-13(17)8-12/h4-7,11,15,20-22,24-27,29-32H,8-10H2,1-3H3;1-8,14-15,17H,9,16H2. The molecule has 10 rings (SSSR count). The number of cyclic esters (lactones) is 1. The smallest absolute Gasteiger partial charge is 0.310 e. The van der Waals surface area contributed by atoms with Crippen LogP contribution in [-0.2, 0) is 28.5 Å².